The van der Waals surface area contributed by atoms with Gasteiger partial charge in [0.25, 0.3) is 5.91 Å². The Morgan fingerprint density at radius 1 is 1.23 bits per heavy atom. The molecule has 2 N–H and O–H groups in total. The third kappa shape index (κ3) is 3.55. The van der Waals surface area contributed by atoms with Crippen molar-refractivity contribution in [2.24, 2.45) is 0 Å². The Balaban J connectivity index is 2.01. The fraction of sp³-hybridized carbons (Fsp3) is 0.238. The summed E-state index contributed by atoms with van der Waals surface area (Å²) in [5.41, 5.74) is 2.97. The number of carbonyl (C=O) groups excluding carboxylic acids is 1. The molecule has 132 valence electrons. The van der Waals surface area contributed by atoms with Gasteiger partial charge in [0.15, 0.2) is 0 Å². The Bertz CT molecular complexity index is 923. The molecular weight excluding hydrogens is 326 g/mol. The highest BCUT2D eigenvalue weighted by Crippen LogP contribution is 2.31. The number of benzene rings is 2. The fourth-order valence-electron chi connectivity index (χ4n) is 3.16. The molecule has 3 rings (SSSR count). The van der Waals surface area contributed by atoms with E-state index < -0.39 is 5.91 Å². The van der Waals surface area contributed by atoms with E-state index in [4.69, 9.17) is 4.74 Å². The monoisotopic (exact) mass is 347 g/mol. The molecule has 0 bridgehead atoms. The van der Waals surface area contributed by atoms with Crippen molar-refractivity contribution < 1.29 is 9.53 Å². The van der Waals surface area contributed by atoms with Crippen LogP contribution in [0.4, 0.5) is 5.69 Å². The molecule has 1 heterocycles. The average Bonchev–Trinajstić information content (AvgIpc) is 2.61. The lowest BCUT2D eigenvalue weighted by atomic mass is 9.84. The lowest BCUT2D eigenvalue weighted by Gasteiger charge is -2.36. The zero-order valence-electron chi connectivity index (χ0n) is 15.1. The summed E-state index contributed by atoms with van der Waals surface area (Å²) in [7, 11) is 1.56. The first-order valence-corrected chi connectivity index (χ1v) is 8.40. The molecule has 0 saturated heterocycles. The highest BCUT2D eigenvalue weighted by molar-refractivity contribution is 6.12. The van der Waals surface area contributed by atoms with E-state index in [1.54, 1.807) is 31.4 Å². The molecule has 0 atom stereocenters. The first kappa shape index (κ1) is 17.6. The minimum atomic E-state index is -0.448. The molecule has 0 fully saturated rings. The van der Waals surface area contributed by atoms with E-state index in [0.717, 1.165) is 17.5 Å². The summed E-state index contributed by atoms with van der Waals surface area (Å²) in [6.45, 7) is 4.11. The molecule has 1 aliphatic rings. The van der Waals surface area contributed by atoms with E-state index >= 15 is 0 Å². The molecule has 5 nitrogen and oxygen atoms in total. The smallest absolute Gasteiger partial charge is 0.268 e. The van der Waals surface area contributed by atoms with Crippen LogP contribution in [0.25, 0.3) is 5.70 Å². The summed E-state index contributed by atoms with van der Waals surface area (Å²) in [5.74, 6) is 0.187. The Labute approximate surface area is 153 Å². The first-order valence-electron chi connectivity index (χ1n) is 8.40. The molecule has 0 saturated carbocycles. The van der Waals surface area contributed by atoms with Gasteiger partial charge in [0, 0.05) is 22.9 Å². The largest absolute Gasteiger partial charge is 0.497 e. The van der Waals surface area contributed by atoms with Crippen molar-refractivity contribution in [2.45, 2.75) is 25.8 Å². The molecule has 2 aromatic rings. The van der Waals surface area contributed by atoms with Crippen LogP contribution in [-0.4, -0.2) is 18.6 Å². The number of fused-ring (bicyclic) bond motifs is 1. The van der Waals surface area contributed by atoms with Crippen LogP contribution in [0.3, 0.4) is 0 Å². The zero-order chi connectivity index (χ0) is 18.7. The molecule has 5 heteroatoms. The number of nitrogens with zero attached hydrogens (tertiary/aromatic N) is 1. The quantitative estimate of drug-likeness (QED) is 0.658. The number of rotatable bonds is 3. The average molecular weight is 347 g/mol. The van der Waals surface area contributed by atoms with Gasteiger partial charge >= 0.3 is 0 Å². The minimum Gasteiger partial charge on any atom is -0.497 e. The van der Waals surface area contributed by atoms with Gasteiger partial charge in [-0.15, -0.1) is 0 Å². The first-order chi connectivity index (χ1) is 12.4. The SMILES string of the molecule is COc1cccc(NC(=O)/C(C#N)=C2/NC(C)(C)Cc3ccccc32)c1. The molecular formula is C21H21N3O2. The van der Waals surface area contributed by atoms with Crippen LogP contribution in [0.5, 0.6) is 5.75 Å². The highest BCUT2D eigenvalue weighted by Gasteiger charge is 2.30. The van der Waals surface area contributed by atoms with E-state index in [2.05, 4.69) is 30.6 Å². The number of nitrogens with one attached hydrogen (secondary N) is 2. The lowest BCUT2D eigenvalue weighted by molar-refractivity contribution is -0.112. The van der Waals surface area contributed by atoms with Gasteiger partial charge < -0.3 is 15.4 Å². The van der Waals surface area contributed by atoms with E-state index in [1.165, 1.54) is 0 Å². The maximum Gasteiger partial charge on any atom is 0.268 e. The van der Waals surface area contributed by atoms with Gasteiger partial charge in [0.1, 0.15) is 17.4 Å². The number of ether oxygens (including phenoxy) is 1. The fourth-order valence-corrected chi connectivity index (χ4v) is 3.16. The van der Waals surface area contributed by atoms with E-state index in [9.17, 15) is 10.1 Å². The predicted octanol–water partition coefficient (Wildman–Crippen LogP) is 3.49. The number of amides is 1. The number of methoxy groups -OCH3 is 1. The van der Waals surface area contributed by atoms with Gasteiger partial charge in [-0.2, -0.15) is 5.26 Å². The molecule has 0 unspecified atom stereocenters. The number of carbonyl (C=O) groups is 1. The number of hydrogen-bond acceptors (Lipinski definition) is 4. The van der Waals surface area contributed by atoms with Crippen LogP contribution < -0.4 is 15.4 Å². The number of nitriles is 1. The van der Waals surface area contributed by atoms with Crippen molar-refractivity contribution in [2.75, 3.05) is 12.4 Å². The second-order valence-corrected chi connectivity index (χ2v) is 6.89. The summed E-state index contributed by atoms with van der Waals surface area (Å²) in [4.78, 5) is 12.8. The Hall–Kier alpha value is -3.26. The Morgan fingerprint density at radius 3 is 2.73 bits per heavy atom. The van der Waals surface area contributed by atoms with Gasteiger partial charge in [-0.1, -0.05) is 30.3 Å². The summed E-state index contributed by atoms with van der Waals surface area (Å²) < 4.78 is 5.17. The van der Waals surface area contributed by atoms with E-state index in [-0.39, 0.29) is 11.1 Å². The summed E-state index contributed by atoms with van der Waals surface area (Å²) in [5, 5.41) is 15.8. The highest BCUT2D eigenvalue weighted by atomic mass is 16.5. The van der Waals surface area contributed by atoms with Crippen molar-refractivity contribution in [3.63, 3.8) is 0 Å². The van der Waals surface area contributed by atoms with Crippen LogP contribution in [0.2, 0.25) is 0 Å². The van der Waals surface area contributed by atoms with Crippen molar-refractivity contribution in [3.8, 4) is 11.8 Å². The second kappa shape index (κ2) is 6.93. The van der Waals surface area contributed by atoms with Gasteiger partial charge in [0.05, 0.1) is 12.8 Å². The number of anilines is 1. The zero-order valence-corrected chi connectivity index (χ0v) is 15.1. The molecule has 0 aromatic heterocycles. The standard InChI is InChI=1S/C21H21N3O2/c1-21(2)12-14-7-4-5-10-17(14)19(24-21)18(13-22)20(25)23-15-8-6-9-16(11-15)26-3/h4-11,24H,12H2,1-3H3,(H,23,25)/b19-18+. The molecule has 2 aromatic carbocycles. The van der Waals surface area contributed by atoms with Crippen LogP contribution in [-0.2, 0) is 11.2 Å². The third-order valence-corrected chi connectivity index (χ3v) is 4.30. The third-order valence-electron chi connectivity index (χ3n) is 4.30. The molecule has 0 spiro atoms. The second-order valence-electron chi connectivity index (χ2n) is 6.89. The summed E-state index contributed by atoms with van der Waals surface area (Å²) in [6, 6.07) is 17.0. The number of hydrogen-bond donors (Lipinski definition) is 2. The van der Waals surface area contributed by atoms with Gasteiger partial charge in [-0.3, -0.25) is 4.79 Å². The summed E-state index contributed by atoms with van der Waals surface area (Å²) in [6.07, 6.45) is 0.822. The predicted molar refractivity (Wildman–Crippen MR) is 102 cm³/mol. The van der Waals surface area contributed by atoms with E-state index in [0.29, 0.717) is 17.1 Å². The molecule has 0 radical (unpaired) electrons. The molecule has 1 amide bonds. The van der Waals surface area contributed by atoms with Gasteiger partial charge in [0.2, 0.25) is 0 Å². The van der Waals surface area contributed by atoms with Crippen molar-refractivity contribution in [1.29, 1.82) is 5.26 Å². The minimum absolute atomic E-state index is 0.0630. The summed E-state index contributed by atoms with van der Waals surface area (Å²) >= 11 is 0. The van der Waals surface area contributed by atoms with Crippen LogP contribution in [0.1, 0.15) is 25.0 Å². The lowest BCUT2D eigenvalue weighted by Crippen LogP contribution is -2.44. The van der Waals surface area contributed by atoms with Crippen LogP contribution >= 0.6 is 0 Å². The normalized spacial score (nSPS) is 16.5. The topological polar surface area (TPSA) is 74.1 Å². The van der Waals surface area contributed by atoms with Crippen molar-refractivity contribution in [3.05, 3.63) is 65.2 Å². The molecule has 26 heavy (non-hydrogen) atoms. The van der Waals surface area contributed by atoms with Crippen LogP contribution in [0, 0.1) is 11.3 Å². The molecule has 0 aliphatic carbocycles. The van der Waals surface area contributed by atoms with Crippen molar-refractivity contribution in [1.82, 2.24) is 5.32 Å². The Morgan fingerprint density at radius 2 is 2.00 bits per heavy atom. The van der Waals surface area contributed by atoms with Gasteiger partial charge in [-0.25, -0.2) is 0 Å². The maximum atomic E-state index is 12.8. The van der Waals surface area contributed by atoms with Gasteiger partial charge in [-0.05, 0) is 38.0 Å². The van der Waals surface area contributed by atoms with Crippen molar-refractivity contribution >= 4 is 17.3 Å². The van der Waals surface area contributed by atoms with E-state index in [1.807, 2.05) is 24.3 Å². The molecule has 1 aliphatic heterocycles. The van der Waals surface area contributed by atoms with Crippen LogP contribution in [0.15, 0.2) is 54.1 Å². The maximum absolute atomic E-state index is 12.8. The Kier molecular flexibility index (Phi) is 4.68.